The summed E-state index contributed by atoms with van der Waals surface area (Å²) in [5, 5.41) is 50.7. The van der Waals surface area contributed by atoms with Gasteiger partial charge in [-0.3, -0.25) is 5.32 Å². The number of unbranched alkanes of at least 4 members (excludes halogenated alkanes) is 1. The van der Waals surface area contributed by atoms with Crippen LogP contribution in [0.3, 0.4) is 0 Å². The maximum absolute atomic E-state index is 11.1. The van der Waals surface area contributed by atoms with E-state index in [2.05, 4.69) is 5.32 Å². The molecule has 4 atom stereocenters. The van der Waals surface area contributed by atoms with E-state index in [9.17, 15) is 25.2 Å². The van der Waals surface area contributed by atoms with Gasteiger partial charge in [0, 0.05) is 0 Å². The van der Waals surface area contributed by atoms with Gasteiger partial charge >= 0.3 is 5.97 Å². The summed E-state index contributed by atoms with van der Waals surface area (Å²) < 4.78 is 0. The van der Waals surface area contributed by atoms with Gasteiger partial charge in [0.2, 0.25) is 5.72 Å². The Bertz CT molecular complexity index is 285. The van der Waals surface area contributed by atoms with E-state index in [-0.39, 0.29) is 6.42 Å². The molecule has 0 aromatic heterocycles. The van der Waals surface area contributed by atoms with Crippen LogP contribution in [0, 0.1) is 0 Å². The number of aliphatic hydroxyl groups is 4. The minimum absolute atomic E-state index is 0.167. The maximum Gasteiger partial charge on any atom is 0.354 e. The van der Waals surface area contributed by atoms with Gasteiger partial charge in [-0.25, -0.2) is 4.79 Å². The largest absolute Gasteiger partial charge is 0.478 e. The molecule has 18 heavy (non-hydrogen) atoms. The Kier molecular flexibility index (Phi) is 6.18. The highest BCUT2D eigenvalue weighted by molar-refractivity contribution is 5.78. The van der Waals surface area contributed by atoms with Crippen molar-refractivity contribution in [1.29, 1.82) is 0 Å². The van der Waals surface area contributed by atoms with Crippen LogP contribution in [0.4, 0.5) is 0 Å². The van der Waals surface area contributed by atoms with Gasteiger partial charge in [-0.1, -0.05) is 19.8 Å². The molecule has 0 radical (unpaired) electrons. The van der Waals surface area contributed by atoms with Crippen molar-refractivity contribution in [2.24, 2.45) is 0 Å². The fourth-order valence-corrected chi connectivity index (χ4v) is 1.90. The third kappa shape index (κ3) is 2.99. The number of likely N-dealkylation sites (N-methyl/N-ethyl adjacent to an activating group) is 1. The normalized spacial score (nSPS) is 21.7. The summed E-state index contributed by atoms with van der Waals surface area (Å²) in [5.41, 5.74) is -5.13. The van der Waals surface area contributed by atoms with E-state index in [1.165, 1.54) is 6.92 Å². The second-order valence-electron chi connectivity index (χ2n) is 4.48. The highest BCUT2D eigenvalue weighted by Crippen LogP contribution is 2.31. The van der Waals surface area contributed by atoms with Crippen LogP contribution in [0.5, 0.6) is 0 Å². The topological polar surface area (TPSA) is 130 Å². The predicted molar refractivity (Wildman–Crippen MR) is 63.8 cm³/mol. The van der Waals surface area contributed by atoms with E-state index in [0.29, 0.717) is 12.8 Å². The molecule has 0 fully saturated rings. The lowest BCUT2D eigenvalue weighted by Gasteiger charge is -2.44. The van der Waals surface area contributed by atoms with Crippen LogP contribution in [-0.4, -0.2) is 62.1 Å². The highest BCUT2D eigenvalue weighted by Gasteiger charge is 2.59. The second-order valence-corrected chi connectivity index (χ2v) is 4.48. The predicted octanol–water partition coefficient (Wildman–Crippen LogP) is -1.36. The van der Waals surface area contributed by atoms with Crippen molar-refractivity contribution in [3.05, 3.63) is 0 Å². The van der Waals surface area contributed by atoms with E-state index in [0.717, 1.165) is 7.05 Å². The number of hydrogen-bond acceptors (Lipinski definition) is 6. The van der Waals surface area contributed by atoms with Crippen LogP contribution >= 0.6 is 0 Å². The lowest BCUT2D eigenvalue weighted by molar-refractivity contribution is -0.240. The van der Waals surface area contributed by atoms with Crippen LogP contribution in [-0.2, 0) is 4.79 Å². The summed E-state index contributed by atoms with van der Waals surface area (Å²) in [6.07, 6.45) is -2.32. The van der Waals surface area contributed by atoms with Gasteiger partial charge in [0.15, 0.2) is 0 Å². The molecular weight excluding hydrogens is 242 g/mol. The first kappa shape index (κ1) is 17.3. The molecule has 0 aliphatic carbocycles. The summed E-state index contributed by atoms with van der Waals surface area (Å²) in [6, 6.07) is 0. The Morgan fingerprint density at radius 1 is 1.33 bits per heavy atom. The van der Waals surface area contributed by atoms with Crippen LogP contribution in [0.15, 0.2) is 0 Å². The molecule has 0 aliphatic rings. The zero-order valence-corrected chi connectivity index (χ0v) is 10.9. The summed E-state index contributed by atoms with van der Waals surface area (Å²) in [7, 11) is 1.15. The number of aliphatic hydroxyl groups excluding tert-OH is 2. The van der Waals surface area contributed by atoms with Crippen molar-refractivity contribution in [3.8, 4) is 0 Å². The quantitative estimate of drug-likeness (QED) is 0.299. The Balaban J connectivity index is 5.50. The molecule has 7 nitrogen and oxygen atoms in total. The molecule has 0 aliphatic heterocycles. The molecule has 7 heteroatoms. The molecule has 6 N–H and O–H groups in total. The Morgan fingerprint density at radius 3 is 2.11 bits per heavy atom. The Hall–Kier alpha value is -0.730. The molecule has 0 rings (SSSR count). The maximum atomic E-state index is 11.1. The van der Waals surface area contributed by atoms with E-state index in [4.69, 9.17) is 5.11 Å². The Morgan fingerprint density at radius 2 is 1.83 bits per heavy atom. The number of carbonyl (C=O) groups is 1. The number of aliphatic carboxylic acids is 1. The third-order valence-electron chi connectivity index (χ3n) is 3.16. The second kappa shape index (κ2) is 6.44. The van der Waals surface area contributed by atoms with Crippen molar-refractivity contribution in [2.45, 2.75) is 56.6 Å². The summed E-state index contributed by atoms with van der Waals surface area (Å²) in [4.78, 5) is 11.1. The number of nitrogens with one attached hydrogen (secondary N) is 1. The van der Waals surface area contributed by atoms with Crippen molar-refractivity contribution < 1.29 is 30.3 Å². The van der Waals surface area contributed by atoms with Crippen molar-refractivity contribution in [2.75, 3.05) is 7.05 Å². The molecule has 0 aromatic rings. The number of carboxylic acids is 1. The summed E-state index contributed by atoms with van der Waals surface area (Å²) in [6.45, 7) is 3.02. The number of rotatable bonds is 8. The zero-order valence-electron chi connectivity index (χ0n) is 10.9. The fraction of sp³-hybridized carbons (Fsp3) is 0.909. The van der Waals surface area contributed by atoms with Gasteiger partial charge in [-0.15, -0.1) is 0 Å². The monoisotopic (exact) mass is 265 g/mol. The molecule has 0 amide bonds. The standard InChI is InChI=1S/C11H23NO6/c1-4-5-6-10(17,8(14)7(2)13)11(18,12-3)9(15)16/h7-8,12-14,17-18H,4-6H2,1-3H3,(H,15,16). The minimum atomic E-state index is -2.74. The average molecular weight is 265 g/mol. The third-order valence-corrected chi connectivity index (χ3v) is 3.16. The van der Waals surface area contributed by atoms with Gasteiger partial charge in [0.25, 0.3) is 0 Å². The van der Waals surface area contributed by atoms with Crippen LogP contribution in [0.2, 0.25) is 0 Å². The Labute approximate surface area is 106 Å². The molecule has 0 saturated carbocycles. The zero-order chi connectivity index (χ0) is 14.6. The number of hydrogen-bond donors (Lipinski definition) is 6. The van der Waals surface area contributed by atoms with Gasteiger partial charge in [-0.2, -0.15) is 0 Å². The first-order valence-corrected chi connectivity index (χ1v) is 5.90. The van der Waals surface area contributed by atoms with Crippen molar-refractivity contribution >= 4 is 5.97 Å². The first-order chi connectivity index (χ1) is 8.17. The van der Waals surface area contributed by atoms with E-state index >= 15 is 0 Å². The van der Waals surface area contributed by atoms with E-state index < -0.39 is 29.5 Å². The van der Waals surface area contributed by atoms with Gasteiger partial charge in [-0.05, 0) is 20.4 Å². The van der Waals surface area contributed by atoms with Crippen LogP contribution in [0.1, 0.15) is 33.1 Å². The molecule has 4 unspecified atom stereocenters. The lowest BCUT2D eigenvalue weighted by atomic mass is 9.78. The SMILES string of the molecule is CCCCC(O)(C(O)C(C)O)C(O)(NC)C(=O)O. The van der Waals surface area contributed by atoms with Crippen molar-refractivity contribution in [3.63, 3.8) is 0 Å². The molecular formula is C11H23NO6. The van der Waals surface area contributed by atoms with E-state index in [1.807, 2.05) is 6.92 Å². The van der Waals surface area contributed by atoms with Crippen LogP contribution < -0.4 is 5.32 Å². The van der Waals surface area contributed by atoms with Crippen LogP contribution in [0.25, 0.3) is 0 Å². The average Bonchev–Trinajstić information content (AvgIpc) is 2.33. The number of carboxylic acid groups (broad SMARTS) is 1. The van der Waals surface area contributed by atoms with Gasteiger partial charge < -0.3 is 25.5 Å². The lowest BCUT2D eigenvalue weighted by Crippen LogP contribution is -2.72. The molecule has 0 saturated heterocycles. The van der Waals surface area contributed by atoms with Crippen molar-refractivity contribution in [1.82, 2.24) is 5.32 Å². The fourth-order valence-electron chi connectivity index (χ4n) is 1.90. The van der Waals surface area contributed by atoms with E-state index in [1.54, 1.807) is 0 Å². The molecule has 0 aromatic carbocycles. The van der Waals surface area contributed by atoms with Gasteiger partial charge in [0.05, 0.1) is 6.10 Å². The summed E-state index contributed by atoms with van der Waals surface area (Å²) >= 11 is 0. The summed E-state index contributed by atoms with van der Waals surface area (Å²) in [5.74, 6) is -1.72. The molecule has 108 valence electrons. The molecule has 0 spiro atoms. The highest BCUT2D eigenvalue weighted by atomic mass is 16.4. The smallest absolute Gasteiger partial charge is 0.354 e. The molecule has 0 bridgehead atoms. The first-order valence-electron chi connectivity index (χ1n) is 5.90. The minimum Gasteiger partial charge on any atom is -0.478 e. The van der Waals surface area contributed by atoms with Gasteiger partial charge in [0.1, 0.15) is 11.7 Å². The molecule has 0 heterocycles.